The van der Waals surface area contributed by atoms with Crippen molar-refractivity contribution in [2.24, 2.45) is 5.92 Å². The lowest BCUT2D eigenvalue weighted by atomic mass is 10.1. The minimum absolute atomic E-state index is 0.250. The van der Waals surface area contributed by atoms with Gasteiger partial charge in [-0.25, -0.2) is 9.97 Å². The molecule has 0 aliphatic rings. The van der Waals surface area contributed by atoms with Crippen molar-refractivity contribution < 1.29 is 17.9 Å². The van der Waals surface area contributed by atoms with E-state index in [1.54, 1.807) is 13.1 Å². The number of nitrogens with zero attached hydrogens (tertiary/aromatic N) is 2. The predicted octanol–water partition coefficient (Wildman–Crippen LogP) is 2.80. The smallest absolute Gasteiger partial charge is 0.373 e. The highest BCUT2D eigenvalue weighted by Crippen LogP contribution is 2.16. The van der Waals surface area contributed by atoms with E-state index >= 15 is 0 Å². The summed E-state index contributed by atoms with van der Waals surface area (Å²) in [5.41, 5.74) is 0.792. The van der Waals surface area contributed by atoms with Crippen LogP contribution in [0.5, 0.6) is 0 Å². The first-order valence-electron chi connectivity index (χ1n) is 5.99. The third kappa shape index (κ3) is 6.37. The first kappa shape index (κ1) is 15.7. The second-order valence-electron chi connectivity index (χ2n) is 4.62. The molecule has 1 aromatic rings. The van der Waals surface area contributed by atoms with Crippen LogP contribution < -0.4 is 5.32 Å². The Morgan fingerprint density at radius 3 is 2.53 bits per heavy atom. The Bertz CT molecular complexity index is 408. The number of halogens is 3. The normalized spacial score (nSPS) is 11.9. The summed E-state index contributed by atoms with van der Waals surface area (Å²) in [7, 11) is 1.70. The molecule has 0 unspecified atom stereocenters. The molecule has 19 heavy (non-hydrogen) atoms. The molecule has 0 saturated carbocycles. The molecule has 0 atom stereocenters. The van der Waals surface area contributed by atoms with Gasteiger partial charge in [0.1, 0.15) is 19.0 Å². The van der Waals surface area contributed by atoms with E-state index in [2.05, 4.69) is 20.0 Å². The Morgan fingerprint density at radius 1 is 1.32 bits per heavy atom. The Hall–Kier alpha value is -1.37. The zero-order valence-corrected chi connectivity index (χ0v) is 11.2. The molecule has 4 nitrogen and oxygen atoms in total. The van der Waals surface area contributed by atoms with Gasteiger partial charge in [0.2, 0.25) is 0 Å². The van der Waals surface area contributed by atoms with Gasteiger partial charge in [-0.2, -0.15) is 13.2 Å². The monoisotopic (exact) mass is 277 g/mol. The predicted molar refractivity (Wildman–Crippen MR) is 65.8 cm³/mol. The van der Waals surface area contributed by atoms with Gasteiger partial charge in [-0.15, -0.1) is 0 Å². The lowest BCUT2D eigenvalue weighted by molar-refractivity contribution is -0.177. The van der Waals surface area contributed by atoms with Crippen LogP contribution in [0.3, 0.4) is 0 Å². The lowest BCUT2D eigenvalue weighted by Gasteiger charge is -2.10. The third-order valence-corrected chi connectivity index (χ3v) is 2.20. The largest absolute Gasteiger partial charge is 0.411 e. The highest BCUT2D eigenvalue weighted by atomic mass is 19.4. The zero-order chi connectivity index (χ0) is 14.5. The average Bonchev–Trinajstić information content (AvgIpc) is 2.26. The fraction of sp³-hybridized carbons (Fsp3) is 0.667. The summed E-state index contributed by atoms with van der Waals surface area (Å²) in [6.07, 6.45) is -3.59. The SMILES string of the molecule is CNc1cc(CC(C)C)nc(COCC(F)(F)F)n1. The number of alkyl halides is 3. The topological polar surface area (TPSA) is 47.0 Å². The molecule has 0 aromatic carbocycles. The van der Waals surface area contributed by atoms with Crippen molar-refractivity contribution in [2.45, 2.75) is 33.1 Å². The standard InChI is InChI=1S/C12H18F3N3O/c1-8(2)4-9-5-10(16-3)18-11(17-9)6-19-7-12(13,14)15/h5,8H,4,6-7H2,1-3H3,(H,16,17,18). The number of anilines is 1. The van der Waals surface area contributed by atoms with Crippen molar-refractivity contribution >= 4 is 5.82 Å². The van der Waals surface area contributed by atoms with Gasteiger partial charge in [0.05, 0.1) is 0 Å². The molecule has 1 aromatic heterocycles. The summed E-state index contributed by atoms with van der Waals surface area (Å²) < 4.78 is 40.5. The van der Waals surface area contributed by atoms with E-state index in [9.17, 15) is 13.2 Å². The summed E-state index contributed by atoms with van der Waals surface area (Å²) in [6.45, 7) is 2.54. The first-order valence-corrected chi connectivity index (χ1v) is 5.99. The van der Waals surface area contributed by atoms with Crippen LogP contribution in [0.4, 0.5) is 19.0 Å². The van der Waals surface area contributed by atoms with Gasteiger partial charge in [-0.1, -0.05) is 13.8 Å². The molecule has 0 saturated heterocycles. The molecule has 108 valence electrons. The summed E-state index contributed by atoms with van der Waals surface area (Å²) >= 11 is 0. The van der Waals surface area contributed by atoms with E-state index in [4.69, 9.17) is 0 Å². The van der Waals surface area contributed by atoms with Gasteiger partial charge >= 0.3 is 6.18 Å². The highest BCUT2D eigenvalue weighted by molar-refractivity contribution is 5.35. The van der Waals surface area contributed by atoms with E-state index in [0.717, 1.165) is 12.1 Å². The fourth-order valence-corrected chi connectivity index (χ4v) is 1.53. The molecule has 0 fully saturated rings. The molecule has 0 bridgehead atoms. The van der Waals surface area contributed by atoms with Gasteiger partial charge in [-0.05, 0) is 12.3 Å². The van der Waals surface area contributed by atoms with Crippen molar-refractivity contribution in [3.8, 4) is 0 Å². The molecule has 1 rings (SSSR count). The summed E-state index contributed by atoms with van der Waals surface area (Å²) in [5, 5.41) is 2.86. The second kappa shape index (κ2) is 6.70. The van der Waals surface area contributed by atoms with Gasteiger partial charge in [0, 0.05) is 18.8 Å². The van der Waals surface area contributed by atoms with Crippen LogP contribution in [0.25, 0.3) is 0 Å². The Kier molecular flexibility index (Phi) is 5.53. The van der Waals surface area contributed by atoms with Crippen molar-refractivity contribution in [2.75, 3.05) is 19.0 Å². The van der Waals surface area contributed by atoms with Gasteiger partial charge in [0.25, 0.3) is 0 Å². The van der Waals surface area contributed by atoms with Gasteiger partial charge in [-0.3, -0.25) is 0 Å². The van der Waals surface area contributed by atoms with Crippen LogP contribution in [-0.4, -0.2) is 29.8 Å². The molecular weight excluding hydrogens is 259 g/mol. The number of aromatic nitrogens is 2. The quantitative estimate of drug-likeness (QED) is 0.868. The molecule has 0 radical (unpaired) electrons. The van der Waals surface area contributed by atoms with E-state index in [-0.39, 0.29) is 12.4 Å². The number of nitrogens with one attached hydrogen (secondary N) is 1. The molecule has 0 spiro atoms. The number of hydrogen-bond acceptors (Lipinski definition) is 4. The van der Waals surface area contributed by atoms with Gasteiger partial charge in [0.15, 0.2) is 5.82 Å². The minimum atomic E-state index is -4.33. The Labute approximate surface area is 110 Å². The fourth-order valence-electron chi connectivity index (χ4n) is 1.53. The maximum atomic E-state index is 12.0. The average molecular weight is 277 g/mol. The Morgan fingerprint density at radius 2 is 2.00 bits per heavy atom. The molecule has 7 heteroatoms. The zero-order valence-electron chi connectivity index (χ0n) is 11.2. The Balaban J connectivity index is 2.71. The van der Waals surface area contributed by atoms with Crippen LogP contribution >= 0.6 is 0 Å². The minimum Gasteiger partial charge on any atom is -0.373 e. The molecule has 1 heterocycles. The van der Waals surface area contributed by atoms with E-state index in [1.807, 2.05) is 13.8 Å². The van der Waals surface area contributed by atoms with Crippen molar-refractivity contribution in [1.29, 1.82) is 0 Å². The van der Waals surface area contributed by atoms with Crippen LogP contribution in [0.2, 0.25) is 0 Å². The van der Waals surface area contributed by atoms with E-state index in [1.165, 1.54) is 0 Å². The summed E-state index contributed by atoms with van der Waals surface area (Å²) in [4.78, 5) is 8.26. The van der Waals surface area contributed by atoms with Crippen molar-refractivity contribution in [1.82, 2.24) is 9.97 Å². The van der Waals surface area contributed by atoms with Gasteiger partial charge < -0.3 is 10.1 Å². The molecule has 0 aliphatic heterocycles. The summed E-state index contributed by atoms with van der Waals surface area (Å²) in [5.74, 6) is 1.24. The second-order valence-corrected chi connectivity index (χ2v) is 4.62. The van der Waals surface area contributed by atoms with Crippen LogP contribution in [-0.2, 0) is 17.8 Å². The maximum Gasteiger partial charge on any atom is 0.411 e. The van der Waals surface area contributed by atoms with E-state index < -0.39 is 12.8 Å². The first-order chi connectivity index (χ1) is 8.80. The molecule has 0 amide bonds. The molecular formula is C12H18F3N3O. The van der Waals surface area contributed by atoms with Crippen LogP contribution in [0.15, 0.2) is 6.07 Å². The number of hydrogen-bond donors (Lipinski definition) is 1. The molecule has 0 aliphatic carbocycles. The number of ether oxygens (including phenoxy) is 1. The van der Waals surface area contributed by atoms with Crippen LogP contribution in [0, 0.1) is 5.92 Å². The van der Waals surface area contributed by atoms with E-state index in [0.29, 0.717) is 11.7 Å². The van der Waals surface area contributed by atoms with Crippen LogP contribution in [0.1, 0.15) is 25.4 Å². The highest BCUT2D eigenvalue weighted by Gasteiger charge is 2.27. The number of rotatable bonds is 6. The summed E-state index contributed by atoms with van der Waals surface area (Å²) in [6, 6.07) is 1.78. The lowest BCUT2D eigenvalue weighted by Crippen LogP contribution is -2.17. The van der Waals surface area contributed by atoms with Crippen molar-refractivity contribution in [3.63, 3.8) is 0 Å². The van der Waals surface area contributed by atoms with Crippen molar-refractivity contribution in [3.05, 3.63) is 17.6 Å². The third-order valence-electron chi connectivity index (χ3n) is 2.20. The maximum absolute atomic E-state index is 12.0. The molecule has 1 N–H and O–H groups in total.